The molecule has 2 aromatic rings. The molecule has 0 aliphatic heterocycles. The number of hydrogen-bond acceptors (Lipinski definition) is 4. The molecule has 0 aliphatic rings. The van der Waals surface area contributed by atoms with Gasteiger partial charge in [0.2, 0.25) is 10.0 Å². The normalized spacial score (nSPS) is 12.8. The van der Waals surface area contributed by atoms with Crippen LogP contribution in [0.25, 0.3) is 0 Å². The predicted octanol–water partition coefficient (Wildman–Crippen LogP) is 3.59. The lowest BCUT2D eigenvalue weighted by Gasteiger charge is -2.20. The molecule has 1 unspecified atom stereocenters. The van der Waals surface area contributed by atoms with E-state index in [4.69, 9.17) is 9.47 Å². The molecule has 0 spiro atoms. The Labute approximate surface area is 156 Å². The molecule has 1 atom stereocenters. The second kappa shape index (κ2) is 8.20. The second-order valence-electron chi connectivity index (χ2n) is 6.44. The highest BCUT2D eigenvalue weighted by atomic mass is 32.2. The SMILES string of the molecule is COc1cccc(C(CNS(=O)(=O)c2c(C)c(C)cc(C)c2C)OC)c1. The number of hydrogen-bond donors (Lipinski definition) is 1. The third-order valence-electron chi connectivity index (χ3n) is 4.77. The molecule has 142 valence electrons. The van der Waals surface area contributed by atoms with Crippen molar-refractivity contribution >= 4 is 10.0 Å². The average Bonchev–Trinajstić information content (AvgIpc) is 2.60. The van der Waals surface area contributed by atoms with Crippen LogP contribution in [0.15, 0.2) is 35.2 Å². The smallest absolute Gasteiger partial charge is 0.241 e. The molecule has 0 saturated carbocycles. The summed E-state index contributed by atoms with van der Waals surface area (Å²) in [4.78, 5) is 0.357. The molecule has 2 rings (SSSR count). The van der Waals surface area contributed by atoms with Gasteiger partial charge >= 0.3 is 0 Å². The summed E-state index contributed by atoms with van der Waals surface area (Å²) in [5, 5.41) is 0. The van der Waals surface area contributed by atoms with Crippen LogP contribution in [0.1, 0.15) is 33.9 Å². The number of rotatable bonds is 7. The Morgan fingerprint density at radius 3 is 2.15 bits per heavy atom. The highest BCUT2D eigenvalue weighted by molar-refractivity contribution is 7.89. The van der Waals surface area contributed by atoms with Gasteiger partial charge in [-0.1, -0.05) is 18.2 Å². The van der Waals surface area contributed by atoms with Crippen LogP contribution in [0.3, 0.4) is 0 Å². The Balaban J connectivity index is 2.30. The second-order valence-corrected chi connectivity index (χ2v) is 8.15. The first-order valence-corrected chi connectivity index (χ1v) is 9.93. The van der Waals surface area contributed by atoms with E-state index >= 15 is 0 Å². The van der Waals surface area contributed by atoms with Gasteiger partial charge in [0.15, 0.2) is 0 Å². The zero-order valence-electron chi connectivity index (χ0n) is 16.2. The van der Waals surface area contributed by atoms with Gasteiger partial charge in [0.1, 0.15) is 5.75 Å². The van der Waals surface area contributed by atoms with Gasteiger partial charge in [0.25, 0.3) is 0 Å². The van der Waals surface area contributed by atoms with Crippen molar-refractivity contribution in [3.05, 3.63) is 58.1 Å². The van der Waals surface area contributed by atoms with Crippen LogP contribution < -0.4 is 9.46 Å². The van der Waals surface area contributed by atoms with Gasteiger partial charge in [0, 0.05) is 13.7 Å². The number of methoxy groups -OCH3 is 2. The Bertz CT molecular complexity index is 865. The molecule has 0 radical (unpaired) electrons. The Morgan fingerprint density at radius 2 is 1.62 bits per heavy atom. The van der Waals surface area contributed by atoms with Gasteiger partial charge < -0.3 is 9.47 Å². The summed E-state index contributed by atoms with van der Waals surface area (Å²) in [7, 11) is -0.503. The van der Waals surface area contributed by atoms with E-state index in [9.17, 15) is 8.42 Å². The molecule has 0 amide bonds. The summed E-state index contributed by atoms with van der Waals surface area (Å²) in [6, 6.07) is 9.43. The van der Waals surface area contributed by atoms with Crippen molar-refractivity contribution in [2.75, 3.05) is 20.8 Å². The molecule has 5 nitrogen and oxygen atoms in total. The molecular formula is C20H27NO4S. The monoisotopic (exact) mass is 377 g/mol. The number of nitrogens with one attached hydrogen (secondary N) is 1. The molecule has 6 heteroatoms. The molecule has 26 heavy (non-hydrogen) atoms. The number of aryl methyl sites for hydroxylation is 2. The molecule has 0 aliphatic carbocycles. The maximum atomic E-state index is 13.0. The van der Waals surface area contributed by atoms with E-state index in [0.29, 0.717) is 10.6 Å². The van der Waals surface area contributed by atoms with Crippen molar-refractivity contribution in [3.63, 3.8) is 0 Å². The van der Waals surface area contributed by atoms with Gasteiger partial charge in [-0.15, -0.1) is 0 Å². The Hall–Kier alpha value is -1.89. The van der Waals surface area contributed by atoms with Crippen LogP contribution in [0.4, 0.5) is 0 Å². The first kappa shape index (κ1) is 20.4. The third kappa shape index (κ3) is 4.26. The maximum absolute atomic E-state index is 13.0. The van der Waals surface area contributed by atoms with E-state index in [0.717, 1.165) is 27.8 Å². The van der Waals surface area contributed by atoms with Crippen molar-refractivity contribution in [2.24, 2.45) is 0 Å². The summed E-state index contributed by atoms with van der Waals surface area (Å²) in [6.45, 7) is 7.67. The van der Waals surface area contributed by atoms with Crippen LogP contribution >= 0.6 is 0 Å². The van der Waals surface area contributed by atoms with E-state index in [1.165, 1.54) is 0 Å². The fourth-order valence-corrected chi connectivity index (χ4v) is 4.66. The van der Waals surface area contributed by atoms with Gasteiger partial charge in [-0.2, -0.15) is 0 Å². The summed E-state index contributed by atoms with van der Waals surface area (Å²) < 4.78 is 39.3. The van der Waals surface area contributed by atoms with Gasteiger partial charge in [0.05, 0.1) is 18.1 Å². The predicted molar refractivity (Wildman–Crippen MR) is 103 cm³/mol. The van der Waals surface area contributed by atoms with Crippen molar-refractivity contribution in [1.29, 1.82) is 0 Å². The van der Waals surface area contributed by atoms with Crippen LogP contribution in [0.2, 0.25) is 0 Å². The van der Waals surface area contributed by atoms with Crippen LogP contribution in [-0.4, -0.2) is 29.2 Å². The van der Waals surface area contributed by atoms with Crippen LogP contribution in [0, 0.1) is 27.7 Å². The van der Waals surface area contributed by atoms with Gasteiger partial charge in [-0.05, 0) is 67.6 Å². The highest BCUT2D eigenvalue weighted by Gasteiger charge is 2.23. The van der Waals surface area contributed by atoms with Crippen molar-refractivity contribution in [3.8, 4) is 5.75 Å². The molecule has 1 N–H and O–H groups in total. The largest absolute Gasteiger partial charge is 0.497 e. The lowest BCUT2D eigenvalue weighted by molar-refractivity contribution is 0.107. The zero-order valence-corrected chi connectivity index (χ0v) is 17.0. The minimum Gasteiger partial charge on any atom is -0.497 e. The summed E-state index contributed by atoms with van der Waals surface area (Å²) in [6.07, 6.45) is -0.411. The maximum Gasteiger partial charge on any atom is 0.241 e. The van der Waals surface area contributed by atoms with E-state index in [-0.39, 0.29) is 6.54 Å². The minimum atomic E-state index is -3.66. The molecular weight excluding hydrogens is 350 g/mol. The van der Waals surface area contributed by atoms with E-state index in [1.54, 1.807) is 14.2 Å². The van der Waals surface area contributed by atoms with E-state index < -0.39 is 16.1 Å². The molecule has 2 aromatic carbocycles. The van der Waals surface area contributed by atoms with E-state index in [1.807, 2.05) is 58.0 Å². The Morgan fingerprint density at radius 1 is 1.00 bits per heavy atom. The molecule has 0 saturated heterocycles. The Kier molecular flexibility index (Phi) is 6.44. The van der Waals surface area contributed by atoms with Crippen molar-refractivity contribution < 1.29 is 17.9 Å². The van der Waals surface area contributed by atoms with Crippen LogP contribution in [-0.2, 0) is 14.8 Å². The quantitative estimate of drug-likeness (QED) is 0.801. The van der Waals surface area contributed by atoms with Gasteiger partial charge in [-0.3, -0.25) is 0 Å². The lowest BCUT2D eigenvalue weighted by atomic mass is 10.0. The van der Waals surface area contributed by atoms with E-state index in [2.05, 4.69) is 4.72 Å². The molecule has 0 bridgehead atoms. The summed E-state index contributed by atoms with van der Waals surface area (Å²) >= 11 is 0. The number of ether oxygens (including phenoxy) is 2. The first-order valence-electron chi connectivity index (χ1n) is 8.45. The fraction of sp³-hybridized carbons (Fsp3) is 0.400. The zero-order chi connectivity index (χ0) is 19.5. The summed E-state index contributed by atoms with van der Waals surface area (Å²) in [5.41, 5.74) is 4.32. The topological polar surface area (TPSA) is 64.6 Å². The van der Waals surface area contributed by atoms with Crippen LogP contribution in [0.5, 0.6) is 5.75 Å². The highest BCUT2D eigenvalue weighted by Crippen LogP contribution is 2.27. The number of benzene rings is 2. The van der Waals surface area contributed by atoms with Crippen molar-refractivity contribution in [2.45, 2.75) is 38.7 Å². The number of sulfonamides is 1. The summed E-state index contributed by atoms with van der Waals surface area (Å²) in [5.74, 6) is 0.702. The molecule has 0 heterocycles. The van der Waals surface area contributed by atoms with Gasteiger partial charge in [-0.25, -0.2) is 13.1 Å². The molecule has 0 fully saturated rings. The minimum absolute atomic E-state index is 0.137. The first-order chi connectivity index (χ1) is 12.2. The average molecular weight is 378 g/mol. The lowest BCUT2D eigenvalue weighted by Crippen LogP contribution is -2.30. The standard InChI is InChI=1S/C20H27NO4S/c1-13-10-14(2)16(4)20(15(13)3)26(22,23)21-12-19(25-6)17-8-7-9-18(11-17)24-5/h7-11,19,21H,12H2,1-6H3. The third-order valence-corrected chi connectivity index (χ3v) is 6.47. The molecule has 0 aromatic heterocycles. The fourth-order valence-electron chi connectivity index (χ4n) is 3.02. The van der Waals surface area contributed by atoms with Crippen molar-refractivity contribution in [1.82, 2.24) is 4.72 Å².